The summed E-state index contributed by atoms with van der Waals surface area (Å²) in [6.45, 7) is 9.38. The third-order valence-corrected chi connectivity index (χ3v) is 5.35. The highest BCUT2D eigenvalue weighted by Crippen LogP contribution is 2.32. The monoisotopic (exact) mass is 452 g/mol. The number of ether oxygens (including phenoxy) is 2. The number of pyridine rings is 2. The Labute approximate surface area is 193 Å². The Kier molecular flexibility index (Phi) is 7.08. The Morgan fingerprint density at radius 3 is 2.76 bits per heavy atom. The van der Waals surface area contributed by atoms with E-state index in [2.05, 4.69) is 31.5 Å². The molecule has 9 heteroatoms. The molecule has 3 aromatic heterocycles. The number of unbranched alkanes of at least 4 members (excludes halogenated alkanes) is 1. The van der Waals surface area contributed by atoms with Crippen molar-refractivity contribution in [2.75, 3.05) is 43.1 Å². The number of nitrogens with one attached hydrogen (secondary N) is 2. The topological polar surface area (TPSA) is 105 Å². The summed E-state index contributed by atoms with van der Waals surface area (Å²) in [5.41, 5.74) is 2.98. The molecule has 0 bridgehead atoms. The Morgan fingerprint density at radius 1 is 1.21 bits per heavy atom. The van der Waals surface area contributed by atoms with Gasteiger partial charge in [0.1, 0.15) is 22.6 Å². The Hall–Kier alpha value is -3.20. The second-order valence-electron chi connectivity index (χ2n) is 9.12. The molecule has 33 heavy (non-hydrogen) atoms. The van der Waals surface area contributed by atoms with Crippen molar-refractivity contribution in [2.45, 2.75) is 45.6 Å². The normalized spacial score (nSPS) is 14.5. The van der Waals surface area contributed by atoms with Crippen LogP contribution in [0.25, 0.3) is 22.3 Å². The van der Waals surface area contributed by atoms with Gasteiger partial charge >= 0.3 is 5.97 Å². The zero-order valence-electron chi connectivity index (χ0n) is 19.6. The Bertz CT molecular complexity index is 1070. The van der Waals surface area contributed by atoms with Gasteiger partial charge in [0, 0.05) is 55.6 Å². The number of aromatic nitrogens is 4. The maximum absolute atomic E-state index is 12.0. The number of hydrogen-bond acceptors (Lipinski definition) is 8. The molecule has 3 aromatic rings. The molecule has 4 heterocycles. The van der Waals surface area contributed by atoms with Crippen LogP contribution in [0.3, 0.4) is 0 Å². The summed E-state index contributed by atoms with van der Waals surface area (Å²) in [7, 11) is 0. The summed E-state index contributed by atoms with van der Waals surface area (Å²) >= 11 is 0. The number of morpholine rings is 1. The number of carbonyl (C=O) groups is 1. The minimum absolute atomic E-state index is 0.151. The predicted octanol–water partition coefficient (Wildman–Crippen LogP) is 3.78. The van der Waals surface area contributed by atoms with E-state index in [-0.39, 0.29) is 5.97 Å². The van der Waals surface area contributed by atoms with E-state index < -0.39 is 5.60 Å². The van der Waals surface area contributed by atoms with E-state index in [1.54, 1.807) is 12.4 Å². The van der Waals surface area contributed by atoms with Crippen LogP contribution in [-0.4, -0.2) is 64.6 Å². The fourth-order valence-corrected chi connectivity index (χ4v) is 3.83. The zero-order valence-corrected chi connectivity index (χ0v) is 19.6. The summed E-state index contributed by atoms with van der Waals surface area (Å²) < 4.78 is 10.9. The number of anilines is 2. The van der Waals surface area contributed by atoms with Crippen molar-refractivity contribution in [3.8, 4) is 11.4 Å². The van der Waals surface area contributed by atoms with Crippen molar-refractivity contribution >= 4 is 28.4 Å². The third-order valence-electron chi connectivity index (χ3n) is 5.35. The van der Waals surface area contributed by atoms with Crippen LogP contribution in [0, 0.1) is 0 Å². The lowest BCUT2D eigenvalue weighted by molar-refractivity contribution is -0.154. The van der Waals surface area contributed by atoms with Crippen LogP contribution in [0.2, 0.25) is 0 Å². The van der Waals surface area contributed by atoms with E-state index in [0.29, 0.717) is 19.6 Å². The summed E-state index contributed by atoms with van der Waals surface area (Å²) in [6.07, 6.45) is 5.55. The van der Waals surface area contributed by atoms with E-state index >= 15 is 0 Å². The molecule has 9 nitrogen and oxygen atoms in total. The molecule has 0 amide bonds. The van der Waals surface area contributed by atoms with Gasteiger partial charge in [-0.2, -0.15) is 5.10 Å². The molecule has 1 aliphatic rings. The molecule has 4 rings (SSSR count). The highest BCUT2D eigenvalue weighted by molar-refractivity contribution is 5.99. The fourth-order valence-electron chi connectivity index (χ4n) is 3.83. The van der Waals surface area contributed by atoms with E-state index in [9.17, 15) is 4.79 Å². The molecule has 176 valence electrons. The lowest BCUT2D eigenvalue weighted by Gasteiger charge is -2.28. The maximum Gasteiger partial charge on any atom is 0.306 e. The molecule has 0 aromatic carbocycles. The van der Waals surface area contributed by atoms with Crippen molar-refractivity contribution in [1.29, 1.82) is 0 Å². The Balaban J connectivity index is 1.52. The molecule has 0 aliphatic carbocycles. The van der Waals surface area contributed by atoms with Crippen LogP contribution >= 0.6 is 0 Å². The highest BCUT2D eigenvalue weighted by atomic mass is 16.6. The molecular weight excluding hydrogens is 420 g/mol. The number of nitrogens with zero attached hydrogens (tertiary/aromatic N) is 4. The molecule has 0 radical (unpaired) electrons. The van der Waals surface area contributed by atoms with Gasteiger partial charge in [-0.05, 0) is 45.7 Å². The van der Waals surface area contributed by atoms with Crippen molar-refractivity contribution in [3.63, 3.8) is 0 Å². The van der Waals surface area contributed by atoms with Gasteiger partial charge in [0.2, 0.25) is 0 Å². The number of fused-ring (bicyclic) bond motifs is 1. The molecule has 2 N–H and O–H groups in total. The Morgan fingerprint density at radius 2 is 2.03 bits per heavy atom. The molecule has 1 fully saturated rings. The van der Waals surface area contributed by atoms with Gasteiger partial charge in [0.15, 0.2) is 0 Å². The van der Waals surface area contributed by atoms with Crippen molar-refractivity contribution < 1.29 is 14.3 Å². The first kappa shape index (κ1) is 23.0. The van der Waals surface area contributed by atoms with Crippen LogP contribution in [0.5, 0.6) is 0 Å². The molecule has 1 saturated heterocycles. The average Bonchev–Trinajstić information content (AvgIpc) is 3.32. The first-order chi connectivity index (χ1) is 15.9. The molecule has 0 unspecified atom stereocenters. The second-order valence-corrected chi connectivity index (χ2v) is 9.12. The van der Waals surface area contributed by atoms with Crippen LogP contribution in [0.1, 0.15) is 40.0 Å². The first-order valence-electron chi connectivity index (χ1n) is 11.5. The number of rotatable bonds is 8. The lowest BCUT2D eigenvalue weighted by atomic mass is 10.1. The summed E-state index contributed by atoms with van der Waals surface area (Å²) in [5, 5.41) is 11.6. The SMILES string of the molecule is CC(C)(C)OC(=O)CCCCNc1cc(N2CCOCC2)nc2c(-c3ccn[nH]3)nccc12. The van der Waals surface area contributed by atoms with Crippen LogP contribution in [-0.2, 0) is 14.3 Å². The van der Waals surface area contributed by atoms with E-state index in [1.165, 1.54) is 0 Å². The average molecular weight is 453 g/mol. The fraction of sp³-hybridized carbons (Fsp3) is 0.500. The zero-order chi connectivity index (χ0) is 23.3. The highest BCUT2D eigenvalue weighted by Gasteiger charge is 2.18. The predicted molar refractivity (Wildman–Crippen MR) is 128 cm³/mol. The lowest BCUT2D eigenvalue weighted by Crippen LogP contribution is -2.36. The van der Waals surface area contributed by atoms with E-state index in [1.807, 2.05) is 32.9 Å². The minimum Gasteiger partial charge on any atom is -0.460 e. The van der Waals surface area contributed by atoms with Crippen LogP contribution < -0.4 is 10.2 Å². The van der Waals surface area contributed by atoms with Gasteiger partial charge in [-0.25, -0.2) is 4.98 Å². The smallest absolute Gasteiger partial charge is 0.306 e. The molecule has 0 spiro atoms. The van der Waals surface area contributed by atoms with Gasteiger partial charge in [0.05, 0.1) is 18.9 Å². The van der Waals surface area contributed by atoms with Crippen LogP contribution in [0.15, 0.2) is 30.6 Å². The van der Waals surface area contributed by atoms with Gasteiger partial charge in [-0.1, -0.05) is 0 Å². The summed E-state index contributed by atoms with van der Waals surface area (Å²) in [4.78, 5) is 23.7. The number of esters is 1. The summed E-state index contributed by atoms with van der Waals surface area (Å²) in [5.74, 6) is 0.748. The molecule has 1 aliphatic heterocycles. The first-order valence-corrected chi connectivity index (χ1v) is 11.5. The van der Waals surface area contributed by atoms with Gasteiger partial charge < -0.3 is 19.7 Å². The molecule has 0 atom stereocenters. The van der Waals surface area contributed by atoms with Crippen molar-refractivity contribution in [2.24, 2.45) is 0 Å². The van der Waals surface area contributed by atoms with Gasteiger partial charge in [0.25, 0.3) is 0 Å². The third kappa shape index (κ3) is 5.98. The molecular formula is C24H32N6O3. The van der Waals surface area contributed by atoms with Crippen LogP contribution in [0.4, 0.5) is 11.5 Å². The number of carbonyl (C=O) groups excluding carboxylic acids is 1. The van der Waals surface area contributed by atoms with E-state index in [4.69, 9.17) is 14.5 Å². The largest absolute Gasteiger partial charge is 0.460 e. The number of hydrogen-bond donors (Lipinski definition) is 2. The number of aromatic amines is 1. The minimum atomic E-state index is -0.443. The summed E-state index contributed by atoms with van der Waals surface area (Å²) in [6, 6.07) is 5.97. The van der Waals surface area contributed by atoms with E-state index in [0.717, 1.165) is 66.3 Å². The van der Waals surface area contributed by atoms with Crippen molar-refractivity contribution in [1.82, 2.24) is 20.2 Å². The maximum atomic E-state index is 12.0. The quantitative estimate of drug-likeness (QED) is 0.393. The van der Waals surface area contributed by atoms with Gasteiger partial charge in [-0.15, -0.1) is 0 Å². The van der Waals surface area contributed by atoms with Crippen molar-refractivity contribution in [3.05, 3.63) is 30.6 Å². The standard InChI is InChI=1S/C24H32N6O3/c1-24(2,3)33-21(31)6-4-5-9-25-19-16-20(30-12-14-32-15-13-30)28-22-17(19)7-10-26-23(22)18-8-11-27-29-18/h7-8,10-11,16H,4-6,9,12-15H2,1-3H3,(H,25,28)(H,27,29). The molecule has 0 saturated carbocycles. The van der Waals surface area contributed by atoms with Gasteiger partial charge in [-0.3, -0.25) is 14.9 Å². The second kappa shape index (κ2) is 10.2. The number of H-pyrrole nitrogens is 1.